The lowest BCUT2D eigenvalue weighted by molar-refractivity contribution is -0.151. The number of methoxy groups -OCH3 is 1. The number of ether oxygens (including phenoxy) is 2. The molecule has 1 aliphatic carbocycles. The van der Waals surface area contributed by atoms with E-state index >= 15 is 0 Å². The van der Waals surface area contributed by atoms with E-state index in [2.05, 4.69) is 0 Å². The van der Waals surface area contributed by atoms with Gasteiger partial charge in [0.15, 0.2) is 5.78 Å². The zero-order valence-electron chi connectivity index (χ0n) is 14.2. The van der Waals surface area contributed by atoms with Crippen molar-refractivity contribution >= 4 is 28.7 Å². The van der Waals surface area contributed by atoms with E-state index in [1.54, 1.807) is 31.4 Å². The van der Waals surface area contributed by atoms with Gasteiger partial charge in [0.25, 0.3) is 0 Å². The van der Waals surface area contributed by atoms with Gasteiger partial charge in [-0.25, -0.2) is 0 Å². The largest absolute Gasteiger partial charge is 0.497 e. The summed E-state index contributed by atoms with van der Waals surface area (Å²) in [5.74, 6) is -0.857. The average Bonchev–Trinajstić information content (AvgIpc) is 3.15. The van der Waals surface area contributed by atoms with Gasteiger partial charge >= 0.3 is 5.97 Å². The van der Waals surface area contributed by atoms with Crippen molar-refractivity contribution < 1.29 is 19.1 Å². The minimum absolute atomic E-state index is 0.194. The maximum Gasteiger partial charge on any atom is 0.317 e. The Labute approximate surface area is 151 Å². The number of thiophene rings is 1. The molecule has 0 aliphatic heterocycles. The van der Waals surface area contributed by atoms with Crippen LogP contribution in [-0.2, 0) is 14.3 Å². The molecule has 4 nitrogen and oxygen atoms in total. The first kappa shape index (κ1) is 17.4. The van der Waals surface area contributed by atoms with Gasteiger partial charge in [0, 0.05) is 10.8 Å². The highest BCUT2D eigenvalue weighted by atomic mass is 32.1. The Kier molecular flexibility index (Phi) is 5.34. The monoisotopic (exact) mass is 356 g/mol. The van der Waals surface area contributed by atoms with Crippen LogP contribution < -0.4 is 4.74 Å². The van der Waals surface area contributed by atoms with Crippen molar-refractivity contribution in [2.45, 2.75) is 19.3 Å². The summed E-state index contributed by atoms with van der Waals surface area (Å²) in [6.45, 7) is 2.02. The lowest BCUT2D eigenvalue weighted by Crippen LogP contribution is -2.33. The maximum atomic E-state index is 12.8. The van der Waals surface area contributed by atoms with Gasteiger partial charge in [-0.3, -0.25) is 9.59 Å². The molecule has 0 bridgehead atoms. The first-order valence-electron chi connectivity index (χ1n) is 8.23. The Hall–Kier alpha value is -2.40. The second kappa shape index (κ2) is 7.66. The number of rotatable bonds is 5. The van der Waals surface area contributed by atoms with E-state index in [-0.39, 0.29) is 18.3 Å². The molecule has 1 aliphatic rings. The minimum Gasteiger partial charge on any atom is -0.497 e. The SMILES string of the molecule is CCOC(=O)[C@@H]1C(=O)C=C(c2cccc(OC)c2)C[C@@H]1c1cccs1. The summed E-state index contributed by atoms with van der Waals surface area (Å²) in [5.41, 5.74) is 1.86. The van der Waals surface area contributed by atoms with Gasteiger partial charge < -0.3 is 9.47 Å². The van der Waals surface area contributed by atoms with Gasteiger partial charge in [-0.05, 0) is 54.1 Å². The predicted octanol–water partition coefficient (Wildman–Crippen LogP) is 4.08. The van der Waals surface area contributed by atoms with Crippen molar-refractivity contribution in [3.05, 3.63) is 58.3 Å². The topological polar surface area (TPSA) is 52.6 Å². The zero-order valence-corrected chi connectivity index (χ0v) is 15.0. The smallest absolute Gasteiger partial charge is 0.317 e. The molecule has 0 radical (unpaired) electrons. The van der Waals surface area contributed by atoms with E-state index in [1.165, 1.54) is 0 Å². The zero-order chi connectivity index (χ0) is 17.8. The van der Waals surface area contributed by atoms with Gasteiger partial charge in [-0.1, -0.05) is 18.2 Å². The summed E-state index contributed by atoms with van der Waals surface area (Å²) in [4.78, 5) is 26.1. The van der Waals surface area contributed by atoms with Crippen molar-refractivity contribution in [3.8, 4) is 5.75 Å². The summed E-state index contributed by atoms with van der Waals surface area (Å²) >= 11 is 1.56. The van der Waals surface area contributed by atoms with Crippen molar-refractivity contribution in [3.63, 3.8) is 0 Å². The number of allylic oxidation sites excluding steroid dienone is 2. The summed E-state index contributed by atoms with van der Waals surface area (Å²) in [5, 5.41) is 1.96. The minimum atomic E-state index is -0.770. The van der Waals surface area contributed by atoms with Gasteiger partial charge in [-0.2, -0.15) is 0 Å². The third-order valence-corrected chi connectivity index (χ3v) is 5.36. The summed E-state index contributed by atoms with van der Waals surface area (Å²) in [6.07, 6.45) is 2.20. The highest BCUT2D eigenvalue weighted by Gasteiger charge is 2.40. The molecule has 130 valence electrons. The molecule has 2 aromatic rings. The summed E-state index contributed by atoms with van der Waals surface area (Å²) in [6, 6.07) is 11.6. The first-order chi connectivity index (χ1) is 12.1. The number of hydrogen-bond acceptors (Lipinski definition) is 5. The van der Waals surface area contributed by atoms with Crippen LogP contribution in [0, 0.1) is 5.92 Å². The van der Waals surface area contributed by atoms with E-state index in [4.69, 9.17) is 9.47 Å². The molecule has 1 aromatic heterocycles. The van der Waals surface area contributed by atoms with Crippen LogP contribution in [0.3, 0.4) is 0 Å². The Morgan fingerprint density at radius 1 is 1.28 bits per heavy atom. The van der Waals surface area contributed by atoms with Gasteiger partial charge in [-0.15, -0.1) is 11.3 Å². The third kappa shape index (κ3) is 3.66. The molecule has 2 atom stereocenters. The van der Waals surface area contributed by atoms with E-state index in [1.807, 2.05) is 41.8 Å². The highest BCUT2D eigenvalue weighted by Crippen LogP contribution is 2.42. The van der Waals surface area contributed by atoms with Crippen molar-refractivity contribution in [1.82, 2.24) is 0 Å². The molecule has 0 saturated carbocycles. The van der Waals surface area contributed by atoms with Crippen molar-refractivity contribution in [2.24, 2.45) is 5.92 Å². The molecule has 0 amide bonds. The molecule has 5 heteroatoms. The fourth-order valence-electron chi connectivity index (χ4n) is 3.18. The lowest BCUT2D eigenvalue weighted by Gasteiger charge is -2.28. The second-order valence-electron chi connectivity index (χ2n) is 5.86. The Morgan fingerprint density at radius 2 is 2.12 bits per heavy atom. The van der Waals surface area contributed by atoms with E-state index < -0.39 is 11.9 Å². The van der Waals surface area contributed by atoms with Crippen molar-refractivity contribution in [1.29, 1.82) is 0 Å². The van der Waals surface area contributed by atoms with Gasteiger partial charge in [0.2, 0.25) is 0 Å². The van der Waals surface area contributed by atoms with Crippen LogP contribution in [0.1, 0.15) is 29.7 Å². The van der Waals surface area contributed by atoms with Crippen LogP contribution in [0.2, 0.25) is 0 Å². The lowest BCUT2D eigenvalue weighted by atomic mass is 9.76. The van der Waals surface area contributed by atoms with E-state index in [0.717, 1.165) is 21.8 Å². The van der Waals surface area contributed by atoms with E-state index in [0.29, 0.717) is 6.42 Å². The van der Waals surface area contributed by atoms with Crippen molar-refractivity contribution in [2.75, 3.05) is 13.7 Å². The molecule has 1 aromatic carbocycles. The second-order valence-corrected chi connectivity index (χ2v) is 6.84. The highest BCUT2D eigenvalue weighted by molar-refractivity contribution is 7.10. The molecule has 0 unspecified atom stereocenters. The van der Waals surface area contributed by atoms with Crippen LogP contribution in [-0.4, -0.2) is 25.5 Å². The number of ketones is 1. The Balaban J connectivity index is 1.99. The molecule has 25 heavy (non-hydrogen) atoms. The fourth-order valence-corrected chi connectivity index (χ4v) is 4.04. The molecule has 3 rings (SSSR count). The van der Waals surface area contributed by atoms with Crippen LogP contribution >= 0.6 is 11.3 Å². The maximum absolute atomic E-state index is 12.8. The molecule has 0 fully saturated rings. The number of esters is 1. The molecule has 0 saturated heterocycles. The Bertz CT molecular complexity index is 792. The molecular formula is C20H20O4S. The van der Waals surface area contributed by atoms with Crippen LogP contribution in [0.15, 0.2) is 47.9 Å². The van der Waals surface area contributed by atoms with Crippen LogP contribution in [0.5, 0.6) is 5.75 Å². The quantitative estimate of drug-likeness (QED) is 0.598. The Morgan fingerprint density at radius 3 is 2.80 bits per heavy atom. The normalized spacial score (nSPS) is 20.1. The standard InChI is InChI=1S/C20H20O4S/c1-3-24-20(22)19-16(18-8-5-9-25-18)11-14(12-17(19)21)13-6-4-7-15(10-13)23-2/h4-10,12,16,19H,3,11H2,1-2H3/t16-,19+/m1/s1. The number of benzene rings is 1. The number of carbonyl (C=O) groups excluding carboxylic acids is 2. The van der Waals surface area contributed by atoms with E-state index in [9.17, 15) is 9.59 Å². The fraction of sp³-hybridized carbons (Fsp3) is 0.300. The summed E-state index contributed by atoms with van der Waals surface area (Å²) < 4.78 is 10.4. The average molecular weight is 356 g/mol. The summed E-state index contributed by atoms with van der Waals surface area (Å²) in [7, 11) is 1.62. The number of carbonyl (C=O) groups is 2. The molecule has 0 N–H and O–H groups in total. The first-order valence-corrected chi connectivity index (χ1v) is 9.11. The molecule has 0 spiro atoms. The molecule has 1 heterocycles. The molecular weight excluding hydrogens is 336 g/mol. The van der Waals surface area contributed by atoms with Crippen LogP contribution in [0.25, 0.3) is 5.57 Å². The van der Waals surface area contributed by atoms with Gasteiger partial charge in [0.1, 0.15) is 11.7 Å². The number of hydrogen-bond donors (Lipinski definition) is 0. The predicted molar refractivity (Wildman–Crippen MR) is 97.8 cm³/mol. The third-order valence-electron chi connectivity index (χ3n) is 4.35. The van der Waals surface area contributed by atoms with Gasteiger partial charge in [0.05, 0.1) is 13.7 Å². The van der Waals surface area contributed by atoms with Crippen LogP contribution in [0.4, 0.5) is 0 Å².